The second-order valence-electron chi connectivity index (χ2n) is 5.34. The third-order valence-electron chi connectivity index (χ3n) is 3.82. The van der Waals surface area contributed by atoms with Gasteiger partial charge in [-0.05, 0) is 48.2 Å². The van der Waals surface area contributed by atoms with Crippen LogP contribution in [0.1, 0.15) is 37.3 Å². The molecule has 2 nitrogen and oxygen atoms in total. The van der Waals surface area contributed by atoms with Crippen molar-refractivity contribution in [1.82, 2.24) is 4.98 Å². The highest BCUT2D eigenvalue weighted by molar-refractivity contribution is 6.30. The molecule has 1 aromatic carbocycles. The molecule has 1 atom stereocenters. The van der Waals surface area contributed by atoms with E-state index in [4.69, 9.17) is 11.6 Å². The Balaban J connectivity index is 2.38. The van der Waals surface area contributed by atoms with E-state index in [1.165, 1.54) is 0 Å². The minimum absolute atomic E-state index is 0.498. The molecule has 0 radical (unpaired) electrons. The summed E-state index contributed by atoms with van der Waals surface area (Å²) >= 11 is 5.98. The fraction of sp³-hybridized carbons (Fsp3) is 0.333. The van der Waals surface area contributed by atoms with Crippen molar-refractivity contribution in [2.75, 3.05) is 0 Å². The first-order valence-corrected chi connectivity index (χ1v) is 7.64. The molecule has 2 aromatic rings. The summed E-state index contributed by atoms with van der Waals surface area (Å²) in [7, 11) is 0. The van der Waals surface area contributed by atoms with Crippen LogP contribution in [-0.4, -0.2) is 4.98 Å². The van der Waals surface area contributed by atoms with Crippen LogP contribution in [0.5, 0.6) is 0 Å². The molecule has 1 unspecified atom stereocenters. The van der Waals surface area contributed by atoms with Gasteiger partial charge in [0.2, 0.25) is 0 Å². The summed E-state index contributed by atoms with van der Waals surface area (Å²) in [6.07, 6.45) is 7.21. The topological polar surface area (TPSA) is 36.7 Å². The fourth-order valence-corrected chi connectivity index (χ4v) is 2.72. The van der Waals surface area contributed by atoms with Gasteiger partial charge in [-0.15, -0.1) is 0 Å². The van der Waals surface area contributed by atoms with Crippen molar-refractivity contribution < 1.29 is 0 Å². The Labute approximate surface area is 131 Å². The molecule has 0 spiro atoms. The maximum atomic E-state index is 9.89. The first kappa shape index (κ1) is 15.5. The Bertz CT molecular complexity index is 601. The van der Waals surface area contributed by atoms with Crippen LogP contribution in [0.3, 0.4) is 0 Å². The van der Waals surface area contributed by atoms with Gasteiger partial charge >= 0.3 is 0 Å². The Kier molecular flexibility index (Phi) is 5.36. The zero-order valence-electron chi connectivity index (χ0n) is 12.2. The number of aromatic nitrogens is 1. The minimum Gasteiger partial charge on any atom is -0.265 e. The molecule has 0 bridgehead atoms. The van der Waals surface area contributed by atoms with E-state index >= 15 is 0 Å². The van der Waals surface area contributed by atoms with Gasteiger partial charge < -0.3 is 0 Å². The summed E-state index contributed by atoms with van der Waals surface area (Å²) in [5.41, 5.74) is 1.68. The zero-order valence-corrected chi connectivity index (χ0v) is 13.0. The molecule has 3 heteroatoms. The third-order valence-corrected chi connectivity index (χ3v) is 4.08. The van der Waals surface area contributed by atoms with Crippen molar-refractivity contribution in [2.45, 2.75) is 38.0 Å². The quantitative estimate of drug-likeness (QED) is 0.758. The minimum atomic E-state index is -0.498. The molecule has 108 valence electrons. The highest BCUT2D eigenvalue weighted by Gasteiger charge is 2.32. The number of hydrogen-bond donors (Lipinski definition) is 0. The molecule has 0 saturated carbocycles. The van der Waals surface area contributed by atoms with Crippen LogP contribution < -0.4 is 0 Å². The van der Waals surface area contributed by atoms with Crippen LogP contribution in [-0.2, 0) is 11.8 Å². The largest absolute Gasteiger partial charge is 0.265 e. The molecule has 2 rings (SSSR count). The van der Waals surface area contributed by atoms with Crippen LogP contribution in [0.2, 0.25) is 5.02 Å². The highest BCUT2D eigenvalue weighted by atomic mass is 35.5. The molecule has 1 aromatic heterocycles. The van der Waals surface area contributed by atoms with E-state index in [0.29, 0.717) is 11.4 Å². The van der Waals surface area contributed by atoms with Gasteiger partial charge in [0.05, 0.1) is 11.5 Å². The lowest BCUT2D eigenvalue weighted by molar-refractivity contribution is 0.476. The van der Waals surface area contributed by atoms with E-state index in [0.717, 1.165) is 30.4 Å². The van der Waals surface area contributed by atoms with Crippen molar-refractivity contribution in [3.8, 4) is 6.07 Å². The Morgan fingerprint density at radius 1 is 1.14 bits per heavy atom. The predicted molar refractivity (Wildman–Crippen MR) is 86.2 cm³/mol. The van der Waals surface area contributed by atoms with Gasteiger partial charge in [-0.2, -0.15) is 5.26 Å². The second-order valence-corrected chi connectivity index (χ2v) is 5.77. The van der Waals surface area contributed by atoms with Crippen LogP contribution in [0.4, 0.5) is 0 Å². The van der Waals surface area contributed by atoms with Crippen LogP contribution >= 0.6 is 11.6 Å². The third kappa shape index (κ3) is 3.83. The molecule has 0 aliphatic heterocycles. The van der Waals surface area contributed by atoms with Crippen LogP contribution in [0.25, 0.3) is 0 Å². The molecule has 0 N–H and O–H groups in total. The Hall–Kier alpha value is -1.85. The lowest BCUT2D eigenvalue weighted by Gasteiger charge is -2.27. The van der Waals surface area contributed by atoms with E-state index in [2.05, 4.69) is 18.0 Å². The number of unbranched alkanes of at least 4 members (excludes halogenated alkanes) is 1. The second kappa shape index (κ2) is 7.24. The lowest BCUT2D eigenvalue weighted by atomic mass is 9.73. The summed E-state index contributed by atoms with van der Waals surface area (Å²) in [6, 6.07) is 14.2. The number of nitrogens with zero attached hydrogens (tertiary/aromatic N) is 2. The number of halogens is 1. The highest BCUT2D eigenvalue weighted by Crippen LogP contribution is 2.34. The maximum absolute atomic E-state index is 9.89. The first-order valence-electron chi connectivity index (χ1n) is 7.26. The van der Waals surface area contributed by atoms with E-state index in [9.17, 15) is 5.26 Å². The van der Waals surface area contributed by atoms with Crippen LogP contribution in [0, 0.1) is 11.3 Å². The number of benzene rings is 1. The van der Waals surface area contributed by atoms with Gasteiger partial charge in [0, 0.05) is 17.4 Å². The number of hydrogen-bond acceptors (Lipinski definition) is 2. The molecule has 0 fully saturated rings. The first-order chi connectivity index (χ1) is 10.2. The Morgan fingerprint density at radius 3 is 2.38 bits per heavy atom. The van der Waals surface area contributed by atoms with E-state index in [1.54, 1.807) is 12.4 Å². The van der Waals surface area contributed by atoms with Crippen molar-refractivity contribution in [2.24, 2.45) is 0 Å². The summed E-state index contributed by atoms with van der Waals surface area (Å²) in [5.74, 6) is 0. The molecule has 0 aliphatic carbocycles. The van der Waals surface area contributed by atoms with Gasteiger partial charge in [0.15, 0.2) is 0 Å². The summed E-state index contributed by atoms with van der Waals surface area (Å²) in [5, 5.41) is 10.6. The summed E-state index contributed by atoms with van der Waals surface area (Å²) < 4.78 is 0. The summed E-state index contributed by atoms with van der Waals surface area (Å²) in [4.78, 5) is 4.05. The van der Waals surface area contributed by atoms with Gasteiger partial charge in [-0.3, -0.25) is 4.98 Å². The SMILES string of the molecule is CCCCC(C#N)(Cc1ccncc1)c1ccc(Cl)cc1. The van der Waals surface area contributed by atoms with E-state index < -0.39 is 5.41 Å². The monoisotopic (exact) mass is 298 g/mol. The fourth-order valence-electron chi connectivity index (χ4n) is 2.59. The lowest BCUT2D eigenvalue weighted by Crippen LogP contribution is -2.27. The molecular formula is C18H19ClN2. The van der Waals surface area contributed by atoms with Crippen LogP contribution in [0.15, 0.2) is 48.8 Å². The van der Waals surface area contributed by atoms with Crippen molar-refractivity contribution >= 4 is 11.6 Å². The predicted octanol–water partition coefficient (Wildman–Crippen LogP) is 4.93. The maximum Gasteiger partial charge on any atom is 0.0862 e. The smallest absolute Gasteiger partial charge is 0.0862 e. The average Bonchev–Trinajstić information content (AvgIpc) is 2.53. The van der Waals surface area contributed by atoms with E-state index in [1.807, 2.05) is 36.4 Å². The van der Waals surface area contributed by atoms with Gasteiger partial charge in [0.1, 0.15) is 0 Å². The molecule has 0 aliphatic rings. The molecule has 21 heavy (non-hydrogen) atoms. The van der Waals surface area contributed by atoms with Crippen molar-refractivity contribution in [3.63, 3.8) is 0 Å². The average molecular weight is 299 g/mol. The van der Waals surface area contributed by atoms with Crippen molar-refractivity contribution in [3.05, 3.63) is 64.9 Å². The normalized spacial score (nSPS) is 13.4. The van der Waals surface area contributed by atoms with Gasteiger partial charge in [0.25, 0.3) is 0 Å². The Morgan fingerprint density at radius 2 is 1.81 bits per heavy atom. The number of nitriles is 1. The van der Waals surface area contributed by atoms with Gasteiger partial charge in [-0.1, -0.05) is 43.5 Å². The standard InChI is InChI=1S/C18H19ClN2/c1-2-3-10-18(14-20,13-15-8-11-21-12-9-15)16-4-6-17(19)7-5-16/h4-9,11-12H,2-3,10,13H2,1H3. The zero-order chi connectivity index (χ0) is 15.1. The molecular weight excluding hydrogens is 280 g/mol. The van der Waals surface area contributed by atoms with Crippen molar-refractivity contribution in [1.29, 1.82) is 5.26 Å². The molecule has 0 saturated heterocycles. The number of pyridine rings is 1. The summed E-state index contributed by atoms with van der Waals surface area (Å²) in [6.45, 7) is 2.15. The van der Waals surface area contributed by atoms with E-state index in [-0.39, 0.29) is 0 Å². The molecule has 0 amide bonds. The molecule has 1 heterocycles. The van der Waals surface area contributed by atoms with Gasteiger partial charge in [-0.25, -0.2) is 0 Å². The number of rotatable bonds is 6.